The summed E-state index contributed by atoms with van der Waals surface area (Å²) in [5.41, 5.74) is 2.17. The predicted octanol–water partition coefficient (Wildman–Crippen LogP) is 5.25. The van der Waals surface area contributed by atoms with Crippen molar-refractivity contribution >= 4 is 17.4 Å². The van der Waals surface area contributed by atoms with Crippen molar-refractivity contribution in [2.24, 2.45) is 5.92 Å². The molecule has 142 valence electrons. The first-order valence-electron chi connectivity index (χ1n) is 10.7. The summed E-state index contributed by atoms with van der Waals surface area (Å²) >= 11 is 0. The van der Waals surface area contributed by atoms with Crippen molar-refractivity contribution in [1.82, 2.24) is 4.90 Å². The van der Waals surface area contributed by atoms with Gasteiger partial charge in [0.1, 0.15) is 0 Å². The second kappa shape index (κ2) is 8.32. The number of likely N-dealkylation sites (tertiary alicyclic amines) is 1. The van der Waals surface area contributed by atoms with Crippen LogP contribution in [0.1, 0.15) is 64.2 Å². The molecule has 0 aromatic heterocycles. The van der Waals surface area contributed by atoms with Crippen LogP contribution in [0.3, 0.4) is 0 Å². The van der Waals surface area contributed by atoms with Gasteiger partial charge in [-0.1, -0.05) is 31.4 Å². The van der Waals surface area contributed by atoms with Gasteiger partial charge >= 0.3 is 6.03 Å². The monoisotopic (exact) mass is 355 g/mol. The Balaban J connectivity index is 1.45. The highest BCUT2D eigenvalue weighted by molar-refractivity contribution is 5.93. The van der Waals surface area contributed by atoms with E-state index in [2.05, 4.69) is 33.3 Å². The predicted molar refractivity (Wildman–Crippen MR) is 108 cm³/mol. The number of hydrogen-bond donors (Lipinski definition) is 1. The number of rotatable bonds is 3. The molecule has 26 heavy (non-hydrogen) atoms. The number of nitrogens with one attached hydrogen (secondary N) is 1. The number of hydrogen-bond acceptors (Lipinski definition) is 2. The van der Waals surface area contributed by atoms with E-state index in [-0.39, 0.29) is 6.03 Å². The molecular formula is C22H33N3O. The van der Waals surface area contributed by atoms with Crippen molar-refractivity contribution < 1.29 is 4.79 Å². The summed E-state index contributed by atoms with van der Waals surface area (Å²) in [6, 6.07) is 8.91. The fraction of sp³-hybridized carbons (Fsp3) is 0.682. The molecule has 3 fully saturated rings. The van der Waals surface area contributed by atoms with Gasteiger partial charge < -0.3 is 15.1 Å². The highest BCUT2D eigenvalue weighted by Crippen LogP contribution is 2.35. The van der Waals surface area contributed by atoms with Crippen LogP contribution in [-0.2, 0) is 0 Å². The summed E-state index contributed by atoms with van der Waals surface area (Å²) in [7, 11) is 0. The summed E-state index contributed by atoms with van der Waals surface area (Å²) in [6.07, 6.45) is 12.8. The van der Waals surface area contributed by atoms with Crippen LogP contribution < -0.4 is 10.2 Å². The fourth-order valence-electron chi connectivity index (χ4n) is 5.23. The average Bonchev–Trinajstić information content (AvgIpc) is 3.20. The Morgan fingerprint density at radius 2 is 1.58 bits per heavy atom. The molecule has 0 spiro atoms. The van der Waals surface area contributed by atoms with Crippen LogP contribution in [0, 0.1) is 5.92 Å². The Morgan fingerprint density at radius 1 is 0.846 bits per heavy atom. The van der Waals surface area contributed by atoms with Gasteiger partial charge in [-0.15, -0.1) is 0 Å². The topological polar surface area (TPSA) is 35.6 Å². The van der Waals surface area contributed by atoms with E-state index in [1.807, 2.05) is 6.07 Å². The molecule has 1 aromatic carbocycles. The molecule has 1 unspecified atom stereocenters. The highest BCUT2D eigenvalue weighted by atomic mass is 16.2. The molecule has 1 atom stereocenters. The van der Waals surface area contributed by atoms with E-state index < -0.39 is 0 Å². The SMILES string of the molecule is O=C(Nc1ccccc1N1CCCCC1)N1CCCC1C1CCCCC1. The molecule has 1 aliphatic carbocycles. The molecule has 4 heteroatoms. The minimum Gasteiger partial charge on any atom is -0.370 e. The van der Waals surface area contributed by atoms with Crippen molar-refractivity contribution in [2.45, 2.75) is 70.3 Å². The van der Waals surface area contributed by atoms with Crippen molar-refractivity contribution in [3.63, 3.8) is 0 Å². The van der Waals surface area contributed by atoms with Crippen molar-refractivity contribution in [3.05, 3.63) is 24.3 Å². The Hall–Kier alpha value is -1.71. The van der Waals surface area contributed by atoms with E-state index in [0.29, 0.717) is 12.0 Å². The molecule has 4 nitrogen and oxygen atoms in total. The maximum Gasteiger partial charge on any atom is 0.322 e. The van der Waals surface area contributed by atoms with Crippen LogP contribution in [0.15, 0.2) is 24.3 Å². The zero-order valence-electron chi connectivity index (χ0n) is 16.0. The quantitative estimate of drug-likeness (QED) is 0.803. The number of carbonyl (C=O) groups excluding carboxylic acids is 1. The van der Waals surface area contributed by atoms with E-state index in [1.54, 1.807) is 0 Å². The molecule has 2 aliphatic heterocycles. The Kier molecular flexibility index (Phi) is 5.66. The first-order valence-corrected chi connectivity index (χ1v) is 10.7. The van der Waals surface area contributed by atoms with Crippen molar-refractivity contribution in [1.29, 1.82) is 0 Å². The van der Waals surface area contributed by atoms with Crippen LogP contribution in [0.2, 0.25) is 0 Å². The van der Waals surface area contributed by atoms with Gasteiger partial charge in [-0.3, -0.25) is 0 Å². The molecule has 1 saturated carbocycles. The lowest BCUT2D eigenvalue weighted by molar-refractivity contribution is 0.166. The Labute approximate surface area is 157 Å². The molecule has 1 N–H and O–H groups in total. The van der Waals surface area contributed by atoms with E-state index in [9.17, 15) is 4.79 Å². The lowest BCUT2D eigenvalue weighted by Gasteiger charge is -2.35. The molecule has 3 aliphatic rings. The number of amides is 2. The molecule has 0 radical (unpaired) electrons. The number of urea groups is 1. The Bertz CT molecular complexity index is 605. The van der Waals surface area contributed by atoms with Gasteiger partial charge in [0, 0.05) is 25.7 Å². The smallest absolute Gasteiger partial charge is 0.322 e. The van der Waals surface area contributed by atoms with Gasteiger partial charge in [0.15, 0.2) is 0 Å². The average molecular weight is 356 g/mol. The van der Waals surface area contributed by atoms with Crippen LogP contribution >= 0.6 is 0 Å². The number of nitrogens with zero attached hydrogens (tertiary/aromatic N) is 2. The number of piperidine rings is 1. The number of anilines is 2. The molecule has 2 heterocycles. The van der Waals surface area contributed by atoms with Crippen LogP contribution in [0.25, 0.3) is 0 Å². The Morgan fingerprint density at radius 3 is 2.38 bits per heavy atom. The second-order valence-electron chi connectivity index (χ2n) is 8.30. The molecule has 2 saturated heterocycles. The largest absolute Gasteiger partial charge is 0.370 e. The minimum absolute atomic E-state index is 0.113. The van der Waals surface area contributed by atoms with Gasteiger partial charge in [-0.2, -0.15) is 0 Å². The maximum absolute atomic E-state index is 13.1. The first-order chi connectivity index (χ1) is 12.8. The summed E-state index contributed by atoms with van der Waals surface area (Å²) in [5.74, 6) is 0.717. The standard InChI is InChI=1S/C22H33N3O/c26-22(25-17-9-14-20(25)18-10-3-1-4-11-18)23-19-12-5-6-13-21(19)24-15-7-2-8-16-24/h5-6,12-13,18,20H,1-4,7-11,14-17H2,(H,23,26). The molecular weight excluding hydrogens is 322 g/mol. The van der Waals surface area contributed by atoms with Crippen LogP contribution in [0.4, 0.5) is 16.2 Å². The normalized spacial score (nSPS) is 24.7. The van der Waals surface area contributed by atoms with Crippen LogP contribution in [0.5, 0.6) is 0 Å². The van der Waals surface area contributed by atoms with E-state index in [4.69, 9.17) is 0 Å². The van der Waals surface area contributed by atoms with E-state index >= 15 is 0 Å². The minimum atomic E-state index is 0.113. The third kappa shape index (κ3) is 3.84. The third-order valence-corrected chi connectivity index (χ3v) is 6.60. The maximum atomic E-state index is 13.1. The highest BCUT2D eigenvalue weighted by Gasteiger charge is 2.35. The number of para-hydroxylation sites is 2. The molecule has 0 bridgehead atoms. The van der Waals surface area contributed by atoms with Gasteiger partial charge in [-0.05, 0) is 63.0 Å². The van der Waals surface area contributed by atoms with Gasteiger partial charge in [0.25, 0.3) is 0 Å². The third-order valence-electron chi connectivity index (χ3n) is 6.60. The van der Waals surface area contributed by atoms with Crippen molar-refractivity contribution in [3.8, 4) is 0 Å². The number of carbonyl (C=O) groups is 1. The summed E-state index contributed by atoms with van der Waals surface area (Å²) in [6.45, 7) is 3.11. The lowest BCUT2D eigenvalue weighted by Crippen LogP contribution is -2.43. The number of benzene rings is 1. The zero-order chi connectivity index (χ0) is 17.8. The van der Waals surface area contributed by atoms with Gasteiger partial charge in [-0.25, -0.2) is 4.79 Å². The fourth-order valence-corrected chi connectivity index (χ4v) is 5.23. The van der Waals surface area contributed by atoms with Crippen molar-refractivity contribution in [2.75, 3.05) is 29.9 Å². The molecule has 1 aromatic rings. The molecule has 2 amide bonds. The van der Waals surface area contributed by atoms with Gasteiger partial charge in [0.05, 0.1) is 11.4 Å². The zero-order valence-corrected chi connectivity index (χ0v) is 16.0. The second-order valence-corrected chi connectivity index (χ2v) is 8.30. The lowest BCUT2D eigenvalue weighted by atomic mass is 9.83. The van der Waals surface area contributed by atoms with E-state index in [0.717, 1.165) is 31.7 Å². The van der Waals surface area contributed by atoms with E-state index in [1.165, 1.54) is 63.5 Å². The molecule has 4 rings (SSSR count). The van der Waals surface area contributed by atoms with Gasteiger partial charge in [0.2, 0.25) is 0 Å². The summed E-state index contributed by atoms with van der Waals surface area (Å²) < 4.78 is 0. The first kappa shape index (κ1) is 17.7. The summed E-state index contributed by atoms with van der Waals surface area (Å²) in [4.78, 5) is 17.7. The summed E-state index contributed by atoms with van der Waals surface area (Å²) in [5, 5.41) is 3.26. The van der Waals surface area contributed by atoms with Crippen LogP contribution in [-0.4, -0.2) is 36.6 Å².